The van der Waals surface area contributed by atoms with E-state index in [1.807, 2.05) is 12.4 Å². The van der Waals surface area contributed by atoms with Gasteiger partial charge < -0.3 is 9.30 Å². The van der Waals surface area contributed by atoms with Crippen LogP contribution >= 0.6 is 0 Å². The minimum Gasteiger partial charge on any atom is -0.468 e. The molecule has 1 aromatic rings. The molecule has 1 aromatic heterocycles. The molecule has 5 heteroatoms. The predicted molar refractivity (Wildman–Crippen MR) is 77.5 cm³/mol. The van der Waals surface area contributed by atoms with Gasteiger partial charge in [-0.25, -0.2) is 4.98 Å². The Balaban J connectivity index is 2.21. The lowest BCUT2D eigenvalue weighted by molar-refractivity contribution is -0.148. The van der Waals surface area contributed by atoms with Gasteiger partial charge in [0.25, 0.3) is 0 Å². The third kappa shape index (κ3) is 2.73. The molecule has 2 unspecified atom stereocenters. The second-order valence-electron chi connectivity index (χ2n) is 5.87. The quantitative estimate of drug-likeness (QED) is 0.838. The Bertz CT molecular complexity index is 469. The van der Waals surface area contributed by atoms with Crippen molar-refractivity contribution < 1.29 is 9.53 Å². The van der Waals surface area contributed by atoms with Crippen LogP contribution in [0.5, 0.6) is 0 Å². The molecule has 0 spiro atoms. The fraction of sp³-hybridized carbons (Fsp3) is 0.733. The summed E-state index contributed by atoms with van der Waals surface area (Å²) in [6, 6.07) is 0.569. The standard InChI is InChI=1S/C15H25N3O2/c1-5-13-16-8-9-18(13)12-6-7-15(10-12,14(19)20-4)17-11(2)3/h8-9,11-12,17H,5-7,10H2,1-4H3. The molecule has 1 aliphatic rings. The molecule has 0 amide bonds. The first-order chi connectivity index (χ1) is 9.52. The number of aryl methyl sites for hydroxylation is 1. The molecule has 0 bridgehead atoms. The number of ether oxygens (including phenoxy) is 1. The van der Waals surface area contributed by atoms with Crippen LogP contribution < -0.4 is 5.32 Å². The number of methoxy groups -OCH3 is 1. The summed E-state index contributed by atoms with van der Waals surface area (Å²) in [5.74, 6) is 0.937. The van der Waals surface area contributed by atoms with Crippen LogP contribution in [0, 0.1) is 0 Å². The average molecular weight is 279 g/mol. The van der Waals surface area contributed by atoms with E-state index in [1.165, 1.54) is 7.11 Å². The van der Waals surface area contributed by atoms with Crippen molar-refractivity contribution in [1.82, 2.24) is 14.9 Å². The molecule has 20 heavy (non-hydrogen) atoms. The predicted octanol–water partition coefficient (Wildman–Crippen LogP) is 2.08. The zero-order valence-electron chi connectivity index (χ0n) is 12.8. The van der Waals surface area contributed by atoms with Crippen molar-refractivity contribution >= 4 is 5.97 Å². The maximum atomic E-state index is 12.2. The topological polar surface area (TPSA) is 56.2 Å². The van der Waals surface area contributed by atoms with Gasteiger partial charge in [0, 0.05) is 30.9 Å². The third-order valence-electron chi connectivity index (χ3n) is 4.09. The molecule has 1 aliphatic carbocycles. The Morgan fingerprint density at radius 3 is 3.00 bits per heavy atom. The summed E-state index contributed by atoms with van der Waals surface area (Å²) in [5, 5.41) is 3.43. The lowest BCUT2D eigenvalue weighted by atomic mass is 9.96. The van der Waals surface area contributed by atoms with E-state index >= 15 is 0 Å². The van der Waals surface area contributed by atoms with Gasteiger partial charge in [-0.3, -0.25) is 10.1 Å². The highest BCUT2D eigenvalue weighted by Gasteiger charge is 2.47. The summed E-state index contributed by atoms with van der Waals surface area (Å²) >= 11 is 0. The number of rotatable bonds is 5. The van der Waals surface area contributed by atoms with Gasteiger partial charge in [-0.15, -0.1) is 0 Å². The van der Waals surface area contributed by atoms with Crippen molar-refractivity contribution in [2.45, 2.75) is 64.1 Å². The molecule has 0 aliphatic heterocycles. The summed E-state index contributed by atoms with van der Waals surface area (Å²) in [5.41, 5.74) is -0.553. The molecule has 5 nitrogen and oxygen atoms in total. The van der Waals surface area contributed by atoms with Gasteiger partial charge in [-0.2, -0.15) is 0 Å². The van der Waals surface area contributed by atoms with Gasteiger partial charge in [0.1, 0.15) is 11.4 Å². The smallest absolute Gasteiger partial charge is 0.326 e. The van der Waals surface area contributed by atoms with Crippen LogP contribution in [0.1, 0.15) is 51.9 Å². The second kappa shape index (κ2) is 5.95. The number of imidazole rings is 1. The number of esters is 1. The second-order valence-corrected chi connectivity index (χ2v) is 5.87. The highest BCUT2D eigenvalue weighted by atomic mass is 16.5. The van der Waals surface area contributed by atoms with Crippen molar-refractivity contribution in [1.29, 1.82) is 0 Å². The van der Waals surface area contributed by atoms with Crippen LogP contribution in [-0.2, 0) is 16.0 Å². The molecule has 1 N–H and O–H groups in total. The van der Waals surface area contributed by atoms with Crippen molar-refractivity contribution in [3.8, 4) is 0 Å². The molecule has 2 rings (SSSR count). The Kier molecular flexibility index (Phi) is 4.48. The molecule has 0 radical (unpaired) electrons. The van der Waals surface area contributed by atoms with Gasteiger partial charge in [-0.1, -0.05) is 6.92 Å². The van der Waals surface area contributed by atoms with Crippen LogP contribution in [0.25, 0.3) is 0 Å². The molecule has 1 saturated carbocycles. The minimum absolute atomic E-state index is 0.146. The number of aromatic nitrogens is 2. The van der Waals surface area contributed by atoms with Crippen molar-refractivity contribution in [3.63, 3.8) is 0 Å². The van der Waals surface area contributed by atoms with Gasteiger partial charge >= 0.3 is 5.97 Å². The number of hydrogen-bond acceptors (Lipinski definition) is 4. The largest absolute Gasteiger partial charge is 0.468 e. The van der Waals surface area contributed by atoms with E-state index < -0.39 is 5.54 Å². The molecule has 112 valence electrons. The summed E-state index contributed by atoms with van der Waals surface area (Å²) in [4.78, 5) is 16.6. The van der Waals surface area contributed by atoms with Gasteiger partial charge in [0.2, 0.25) is 0 Å². The van der Waals surface area contributed by atoms with E-state index in [0.29, 0.717) is 6.04 Å². The van der Waals surface area contributed by atoms with Gasteiger partial charge in [-0.05, 0) is 33.1 Å². The number of carbonyl (C=O) groups is 1. The highest BCUT2D eigenvalue weighted by Crippen LogP contribution is 2.39. The summed E-state index contributed by atoms with van der Waals surface area (Å²) in [6.45, 7) is 6.23. The van der Waals surface area contributed by atoms with E-state index in [0.717, 1.165) is 31.5 Å². The molecular weight excluding hydrogens is 254 g/mol. The molecule has 1 fully saturated rings. The van der Waals surface area contributed by atoms with Crippen molar-refractivity contribution in [2.24, 2.45) is 0 Å². The SMILES string of the molecule is CCc1nccn1C1CCC(NC(C)C)(C(=O)OC)C1. The first-order valence-electron chi connectivity index (χ1n) is 7.40. The van der Waals surface area contributed by atoms with E-state index in [9.17, 15) is 4.79 Å². The lowest BCUT2D eigenvalue weighted by Gasteiger charge is -2.30. The maximum absolute atomic E-state index is 12.2. The zero-order valence-corrected chi connectivity index (χ0v) is 12.8. The molecule has 0 aromatic carbocycles. The first kappa shape index (κ1) is 15.0. The van der Waals surface area contributed by atoms with E-state index in [1.54, 1.807) is 0 Å². The summed E-state index contributed by atoms with van der Waals surface area (Å²) in [6.07, 6.45) is 7.31. The van der Waals surface area contributed by atoms with E-state index in [4.69, 9.17) is 4.74 Å². The Hall–Kier alpha value is -1.36. The molecule has 2 atom stereocenters. The van der Waals surface area contributed by atoms with Crippen LogP contribution in [-0.4, -0.2) is 34.2 Å². The fourth-order valence-electron chi connectivity index (χ4n) is 3.33. The van der Waals surface area contributed by atoms with E-state index in [2.05, 4.69) is 35.6 Å². The lowest BCUT2D eigenvalue weighted by Crippen LogP contribution is -2.53. The minimum atomic E-state index is -0.553. The maximum Gasteiger partial charge on any atom is 0.326 e. The summed E-state index contributed by atoms with van der Waals surface area (Å²) < 4.78 is 7.25. The Morgan fingerprint density at radius 1 is 1.65 bits per heavy atom. The molecular formula is C15H25N3O2. The van der Waals surface area contributed by atoms with Crippen LogP contribution in [0.15, 0.2) is 12.4 Å². The Labute approximate surface area is 120 Å². The molecule has 0 saturated heterocycles. The average Bonchev–Trinajstić information content (AvgIpc) is 3.03. The Morgan fingerprint density at radius 2 is 2.40 bits per heavy atom. The van der Waals surface area contributed by atoms with Crippen molar-refractivity contribution in [3.05, 3.63) is 18.2 Å². The fourth-order valence-corrected chi connectivity index (χ4v) is 3.33. The number of nitrogens with one attached hydrogen (secondary N) is 1. The number of hydrogen-bond donors (Lipinski definition) is 1. The highest BCUT2D eigenvalue weighted by molar-refractivity contribution is 5.81. The molecule has 1 heterocycles. The van der Waals surface area contributed by atoms with Crippen LogP contribution in [0.4, 0.5) is 0 Å². The zero-order chi connectivity index (χ0) is 14.8. The van der Waals surface area contributed by atoms with Crippen LogP contribution in [0.3, 0.4) is 0 Å². The summed E-state index contributed by atoms with van der Waals surface area (Å²) in [7, 11) is 1.47. The van der Waals surface area contributed by atoms with Crippen LogP contribution in [0.2, 0.25) is 0 Å². The third-order valence-corrected chi connectivity index (χ3v) is 4.09. The number of carbonyl (C=O) groups excluding carboxylic acids is 1. The van der Waals surface area contributed by atoms with Crippen molar-refractivity contribution in [2.75, 3.05) is 7.11 Å². The number of nitrogens with zero attached hydrogens (tertiary/aromatic N) is 2. The van der Waals surface area contributed by atoms with E-state index in [-0.39, 0.29) is 12.0 Å². The van der Waals surface area contributed by atoms with Gasteiger partial charge in [0.15, 0.2) is 0 Å². The normalized spacial score (nSPS) is 26.1. The monoisotopic (exact) mass is 279 g/mol. The van der Waals surface area contributed by atoms with Gasteiger partial charge in [0.05, 0.1) is 7.11 Å². The first-order valence-corrected chi connectivity index (χ1v) is 7.40.